The van der Waals surface area contributed by atoms with Crippen molar-refractivity contribution < 1.29 is 22.4 Å². The molecule has 6 nitrogen and oxygen atoms in total. The van der Waals surface area contributed by atoms with Gasteiger partial charge < -0.3 is 9.73 Å². The van der Waals surface area contributed by atoms with Gasteiger partial charge in [0.2, 0.25) is 0 Å². The summed E-state index contributed by atoms with van der Waals surface area (Å²) in [4.78, 5) is 28.7. The normalized spacial score (nSPS) is 11.6. The summed E-state index contributed by atoms with van der Waals surface area (Å²) in [5.74, 6) is -1.26. The van der Waals surface area contributed by atoms with Crippen molar-refractivity contribution >= 4 is 22.7 Å². The summed E-state index contributed by atoms with van der Waals surface area (Å²) in [5, 5.41) is 2.49. The number of hydrogen-bond acceptors (Lipinski definition) is 4. The second-order valence-corrected chi connectivity index (χ2v) is 4.61. The van der Waals surface area contributed by atoms with Crippen molar-refractivity contribution in [2.45, 2.75) is 6.18 Å². The number of anilines is 1. The van der Waals surface area contributed by atoms with E-state index in [4.69, 9.17) is 4.42 Å². The smallest absolute Gasteiger partial charge is 0.408 e. The minimum atomic E-state index is -4.56. The molecule has 0 atom stereocenters. The van der Waals surface area contributed by atoms with Gasteiger partial charge in [0.1, 0.15) is 5.69 Å². The second-order valence-electron chi connectivity index (χ2n) is 4.61. The number of carbonyl (C=O) groups is 1. The van der Waals surface area contributed by atoms with Crippen LogP contribution in [0.25, 0.3) is 11.1 Å². The summed E-state index contributed by atoms with van der Waals surface area (Å²) in [7, 11) is 0. The fraction of sp³-hybridized carbons (Fsp3) is 0.0714. The number of benzene rings is 1. The molecule has 1 amide bonds. The van der Waals surface area contributed by atoms with Gasteiger partial charge >= 0.3 is 11.9 Å². The van der Waals surface area contributed by atoms with E-state index in [2.05, 4.69) is 15.3 Å². The molecule has 9 heteroatoms. The largest absolute Gasteiger partial charge is 0.433 e. The zero-order valence-corrected chi connectivity index (χ0v) is 11.3. The third kappa shape index (κ3) is 3.07. The molecule has 0 fully saturated rings. The number of H-pyrrole nitrogens is 1. The standard InChI is InChI=1S/C14H8F3N3O3/c15-14(16,17)11-4-1-7(6-18-11)12(21)19-8-2-3-10-9(5-8)20-13(22)23-10/h1-6H,(H,19,21)(H,20,22). The van der Waals surface area contributed by atoms with Gasteiger partial charge in [0, 0.05) is 11.9 Å². The van der Waals surface area contributed by atoms with E-state index in [9.17, 15) is 22.8 Å². The Kier molecular flexibility index (Phi) is 3.40. The Morgan fingerprint density at radius 3 is 2.65 bits per heavy atom. The number of oxazole rings is 1. The Balaban J connectivity index is 1.81. The molecule has 0 saturated heterocycles. The molecule has 0 aliphatic carbocycles. The van der Waals surface area contributed by atoms with Crippen molar-refractivity contribution in [1.82, 2.24) is 9.97 Å². The summed E-state index contributed by atoms with van der Waals surface area (Å²) in [6, 6.07) is 6.20. The molecule has 23 heavy (non-hydrogen) atoms. The summed E-state index contributed by atoms with van der Waals surface area (Å²) < 4.78 is 42.1. The van der Waals surface area contributed by atoms with Gasteiger partial charge in [-0.25, -0.2) is 4.79 Å². The maximum absolute atomic E-state index is 12.4. The van der Waals surface area contributed by atoms with E-state index in [1.165, 1.54) is 18.2 Å². The molecule has 0 radical (unpaired) electrons. The van der Waals surface area contributed by atoms with Crippen LogP contribution in [-0.2, 0) is 6.18 Å². The molecule has 0 spiro atoms. The van der Waals surface area contributed by atoms with E-state index in [1.54, 1.807) is 0 Å². The molecule has 2 N–H and O–H groups in total. The number of amides is 1. The van der Waals surface area contributed by atoms with Crippen LogP contribution in [0.5, 0.6) is 0 Å². The number of fused-ring (bicyclic) bond motifs is 1. The molecular weight excluding hydrogens is 315 g/mol. The number of alkyl halides is 3. The van der Waals surface area contributed by atoms with Crippen LogP contribution in [0.2, 0.25) is 0 Å². The summed E-state index contributed by atoms with van der Waals surface area (Å²) in [6.07, 6.45) is -3.72. The van der Waals surface area contributed by atoms with Crippen molar-refractivity contribution in [3.05, 3.63) is 58.3 Å². The Labute approximate surface area is 126 Å². The van der Waals surface area contributed by atoms with Crippen LogP contribution in [0.3, 0.4) is 0 Å². The zero-order valence-electron chi connectivity index (χ0n) is 11.3. The molecule has 1 aromatic carbocycles. The van der Waals surface area contributed by atoms with Crippen molar-refractivity contribution in [2.75, 3.05) is 5.32 Å². The SMILES string of the molecule is O=C(Nc1ccc2oc(=O)[nH]c2c1)c1ccc(C(F)(F)F)nc1. The number of aromatic nitrogens is 2. The highest BCUT2D eigenvalue weighted by Gasteiger charge is 2.32. The number of carbonyl (C=O) groups excluding carboxylic acids is 1. The van der Waals surface area contributed by atoms with Gasteiger partial charge in [-0.05, 0) is 30.3 Å². The topological polar surface area (TPSA) is 88.0 Å². The van der Waals surface area contributed by atoms with Crippen LogP contribution < -0.4 is 11.1 Å². The lowest BCUT2D eigenvalue weighted by Gasteiger charge is -2.07. The van der Waals surface area contributed by atoms with Crippen LogP contribution in [0.1, 0.15) is 16.1 Å². The third-order valence-electron chi connectivity index (χ3n) is 2.99. The lowest BCUT2D eigenvalue weighted by atomic mass is 10.2. The van der Waals surface area contributed by atoms with Gasteiger partial charge in [0.15, 0.2) is 5.58 Å². The highest BCUT2D eigenvalue weighted by Crippen LogP contribution is 2.27. The van der Waals surface area contributed by atoms with E-state index in [0.29, 0.717) is 16.8 Å². The van der Waals surface area contributed by atoms with Crippen LogP contribution >= 0.6 is 0 Å². The fourth-order valence-corrected chi connectivity index (χ4v) is 1.93. The van der Waals surface area contributed by atoms with Crippen molar-refractivity contribution in [3.8, 4) is 0 Å². The van der Waals surface area contributed by atoms with Crippen LogP contribution in [0.4, 0.5) is 18.9 Å². The lowest BCUT2D eigenvalue weighted by molar-refractivity contribution is -0.141. The van der Waals surface area contributed by atoms with Crippen LogP contribution in [-0.4, -0.2) is 15.9 Å². The first kappa shape index (κ1) is 14.8. The highest BCUT2D eigenvalue weighted by atomic mass is 19.4. The molecule has 3 rings (SSSR count). The number of rotatable bonds is 2. The monoisotopic (exact) mass is 323 g/mol. The van der Waals surface area contributed by atoms with Crippen molar-refractivity contribution in [1.29, 1.82) is 0 Å². The van der Waals surface area contributed by atoms with Crippen molar-refractivity contribution in [3.63, 3.8) is 0 Å². The maximum Gasteiger partial charge on any atom is 0.433 e. The molecule has 118 valence electrons. The van der Waals surface area contributed by atoms with E-state index in [-0.39, 0.29) is 5.56 Å². The van der Waals surface area contributed by atoms with Gasteiger partial charge in [-0.15, -0.1) is 0 Å². The molecule has 0 aliphatic heterocycles. The summed E-state index contributed by atoms with van der Waals surface area (Å²) in [6.45, 7) is 0. The Morgan fingerprint density at radius 1 is 1.22 bits per heavy atom. The number of hydrogen-bond donors (Lipinski definition) is 2. The average molecular weight is 323 g/mol. The predicted molar refractivity (Wildman–Crippen MR) is 74.0 cm³/mol. The molecular formula is C14H8F3N3O3. The summed E-state index contributed by atoms with van der Waals surface area (Å²) in [5.41, 5.74) is -0.0489. The van der Waals surface area contributed by atoms with E-state index >= 15 is 0 Å². The van der Waals surface area contributed by atoms with Gasteiger partial charge in [-0.3, -0.25) is 14.8 Å². The van der Waals surface area contributed by atoms with Gasteiger partial charge in [0.05, 0.1) is 11.1 Å². The van der Waals surface area contributed by atoms with E-state index < -0.39 is 23.5 Å². The minimum Gasteiger partial charge on any atom is -0.408 e. The molecule has 0 bridgehead atoms. The number of nitrogens with one attached hydrogen (secondary N) is 2. The molecule has 2 heterocycles. The lowest BCUT2D eigenvalue weighted by Crippen LogP contribution is -2.14. The average Bonchev–Trinajstić information content (AvgIpc) is 2.86. The Bertz CT molecular complexity index is 926. The maximum atomic E-state index is 12.4. The Hall–Kier alpha value is -3.10. The van der Waals surface area contributed by atoms with E-state index in [1.807, 2.05) is 0 Å². The molecule has 3 aromatic rings. The van der Waals surface area contributed by atoms with Crippen LogP contribution in [0.15, 0.2) is 45.7 Å². The number of nitrogens with zero attached hydrogens (tertiary/aromatic N) is 1. The Morgan fingerprint density at radius 2 is 2.00 bits per heavy atom. The van der Waals surface area contributed by atoms with E-state index in [0.717, 1.165) is 18.3 Å². The van der Waals surface area contributed by atoms with Gasteiger partial charge in [-0.1, -0.05) is 0 Å². The number of aromatic amines is 1. The second kappa shape index (κ2) is 5.27. The molecule has 0 aliphatic rings. The first-order valence-electron chi connectivity index (χ1n) is 6.30. The minimum absolute atomic E-state index is 0.0289. The first-order chi connectivity index (χ1) is 10.8. The van der Waals surface area contributed by atoms with Crippen molar-refractivity contribution in [2.24, 2.45) is 0 Å². The summed E-state index contributed by atoms with van der Waals surface area (Å²) >= 11 is 0. The van der Waals surface area contributed by atoms with Gasteiger partial charge in [-0.2, -0.15) is 13.2 Å². The number of pyridine rings is 1. The quantitative estimate of drug-likeness (QED) is 0.759. The fourth-order valence-electron chi connectivity index (χ4n) is 1.93. The molecule has 0 saturated carbocycles. The highest BCUT2D eigenvalue weighted by molar-refractivity contribution is 6.04. The third-order valence-corrected chi connectivity index (χ3v) is 2.99. The number of halogens is 3. The first-order valence-corrected chi connectivity index (χ1v) is 6.30. The van der Waals surface area contributed by atoms with Gasteiger partial charge in [0.25, 0.3) is 5.91 Å². The van der Waals surface area contributed by atoms with Crippen LogP contribution in [0, 0.1) is 0 Å². The molecule has 0 unspecified atom stereocenters. The predicted octanol–water partition coefficient (Wildman–Crippen LogP) is 2.79. The zero-order chi connectivity index (χ0) is 16.6. The molecule has 2 aromatic heterocycles.